The van der Waals surface area contributed by atoms with Crippen molar-refractivity contribution in [2.75, 3.05) is 0 Å². The molecule has 0 unspecified atom stereocenters. The number of rotatable bonds is 1. The fourth-order valence-corrected chi connectivity index (χ4v) is 0.920. The van der Waals surface area contributed by atoms with Gasteiger partial charge in [-0.15, -0.1) is 0 Å². The molecule has 3 heteroatoms. The van der Waals surface area contributed by atoms with Crippen molar-refractivity contribution in [3.63, 3.8) is 0 Å². The summed E-state index contributed by atoms with van der Waals surface area (Å²) in [5, 5.41) is 4.04. The minimum atomic E-state index is -0.339. The highest BCUT2D eigenvalue weighted by atomic mass is 16.1. The zero-order valence-electron chi connectivity index (χ0n) is 7.96. The van der Waals surface area contributed by atoms with Crippen molar-refractivity contribution in [3.8, 4) is 0 Å². The van der Waals surface area contributed by atoms with Crippen LogP contribution >= 0.6 is 0 Å². The molecule has 0 fully saturated rings. The summed E-state index contributed by atoms with van der Waals surface area (Å²) in [4.78, 5) is 11.6. The first kappa shape index (κ1) is 8.97. The molecule has 0 radical (unpaired) electrons. The van der Waals surface area contributed by atoms with E-state index in [1.165, 1.54) is 0 Å². The fourth-order valence-electron chi connectivity index (χ4n) is 0.920. The van der Waals surface area contributed by atoms with E-state index >= 15 is 0 Å². The Kier molecular flexibility index (Phi) is 2.04. The van der Waals surface area contributed by atoms with Crippen LogP contribution in [-0.4, -0.2) is 15.6 Å². The van der Waals surface area contributed by atoms with Gasteiger partial charge in [0, 0.05) is 18.7 Å². The van der Waals surface area contributed by atoms with Gasteiger partial charge in [-0.3, -0.25) is 9.48 Å². The van der Waals surface area contributed by atoms with Gasteiger partial charge in [0.1, 0.15) is 5.69 Å². The van der Waals surface area contributed by atoms with Crippen molar-refractivity contribution in [2.45, 2.75) is 20.8 Å². The minimum Gasteiger partial charge on any atom is -0.292 e. The Bertz CT molecular complexity index is 294. The molecule has 0 amide bonds. The number of carbonyl (C=O) groups is 1. The second-order valence-electron chi connectivity index (χ2n) is 3.95. The Hall–Kier alpha value is -1.12. The van der Waals surface area contributed by atoms with E-state index in [0.29, 0.717) is 5.69 Å². The summed E-state index contributed by atoms with van der Waals surface area (Å²) in [7, 11) is 1.80. The molecule has 1 heterocycles. The lowest BCUT2D eigenvalue weighted by molar-refractivity contribution is 0.0852. The van der Waals surface area contributed by atoms with Crippen molar-refractivity contribution in [3.05, 3.63) is 18.0 Å². The molecule has 0 aliphatic heterocycles. The standard InChI is InChI=1S/C9H14N2O/c1-9(2,3)8(12)7-5-6-11(4)10-7/h5-6H,1-4H3. The first-order valence-electron chi connectivity index (χ1n) is 3.96. The lowest BCUT2D eigenvalue weighted by atomic mass is 9.89. The minimum absolute atomic E-state index is 0.0862. The third-order valence-corrected chi connectivity index (χ3v) is 1.63. The lowest BCUT2D eigenvalue weighted by Gasteiger charge is -2.13. The quantitative estimate of drug-likeness (QED) is 0.594. The molecular weight excluding hydrogens is 152 g/mol. The first-order chi connectivity index (χ1) is 5.41. The Morgan fingerprint density at radius 1 is 1.50 bits per heavy atom. The van der Waals surface area contributed by atoms with Crippen LogP contribution in [0.15, 0.2) is 12.3 Å². The van der Waals surface area contributed by atoms with Crippen LogP contribution in [0.25, 0.3) is 0 Å². The smallest absolute Gasteiger partial charge is 0.188 e. The lowest BCUT2D eigenvalue weighted by Crippen LogP contribution is -2.20. The summed E-state index contributed by atoms with van der Waals surface area (Å²) in [6.45, 7) is 5.68. The summed E-state index contributed by atoms with van der Waals surface area (Å²) >= 11 is 0. The first-order valence-corrected chi connectivity index (χ1v) is 3.96. The van der Waals surface area contributed by atoms with Crippen LogP contribution in [0.1, 0.15) is 31.3 Å². The van der Waals surface area contributed by atoms with Crippen LogP contribution in [-0.2, 0) is 7.05 Å². The molecule has 1 aromatic rings. The molecule has 12 heavy (non-hydrogen) atoms. The van der Waals surface area contributed by atoms with Crippen LogP contribution in [0.5, 0.6) is 0 Å². The van der Waals surface area contributed by atoms with Crippen LogP contribution in [0.2, 0.25) is 0 Å². The predicted molar refractivity (Wildman–Crippen MR) is 47.0 cm³/mol. The summed E-state index contributed by atoms with van der Waals surface area (Å²) in [5.74, 6) is 0.0862. The van der Waals surface area contributed by atoms with Crippen molar-refractivity contribution in [1.29, 1.82) is 0 Å². The van der Waals surface area contributed by atoms with Crippen molar-refractivity contribution < 1.29 is 4.79 Å². The van der Waals surface area contributed by atoms with Gasteiger partial charge in [0.25, 0.3) is 0 Å². The molecule has 66 valence electrons. The Morgan fingerprint density at radius 2 is 2.08 bits per heavy atom. The molecule has 0 saturated heterocycles. The zero-order valence-corrected chi connectivity index (χ0v) is 7.96. The molecule has 1 rings (SSSR count). The zero-order chi connectivity index (χ0) is 9.35. The van der Waals surface area contributed by atoms with Gasteiger partial charge in [0.15, 0.2) is 5.78 Å². The van der Waals surface area contributed by atoms with E-state index in [1.54, 1.807) is 24.0 Å². The number of nitrogens with zero attached hydrogens (tertiary/aromatic N) is 2. The topological polar surface area (TPSA) is 34.9 Å². The van der Waals surface area contributed by atoms with Gasteiger partial charge in [0.05, 0.1) is 0 Å². The summed E-state index contributed by atoms with van der Waals surface area (Å²) in [6.07, 6.45) is 1.78. The number of aromatic nitrogens is 2. The number of aryl methyl sites for hydroxylation is 1. The van der Waals surface area contributed by atoms with Crippen molar-refractivity contribution in [2.24, 2.45) is 12.5 Å². The molecule has 0 aliphatic rings. The number of carbonyl (C=O) groups excluding carboxylic acids is 1. The number of ketones is 1. The maximum absolute atomic E-state index is 11.6. The van der Waals surface area contributed by atoms with Crippen LogP contribution in [0.4, 0.5) is 0 Å². The Morgan fingerprint density at radius 3 is 2.42 bits per heavy atom. The van der Waals surface area contributed by atoms with E-state index in [0.717, 1.165) is 0 Å². The van der Waals surface area contributed by atoms with Gasteiger partial charge in [-0.2, -0.15) is 5.10 Å². The normalized spacial score (nSPS) is 11.7. The maximum Gasteiger partial charge on any atom is 0.188 e. The van der Waals surface area contributed by atoms with Crippen molar-refractivity contribution in [1.82, 2.24) is 9.78 Å². The molecule has 0 spiro atoms. The molecule has 0 saturated carbocycles. The van der Waals surface area contributed by atoms with Gasteiger partial charge in [-0.05, 0) is 6.07 Å². The third kappa shape index (κ3) is 1.72. The maximum atomic E-state index is 11.6. The van der Waals surface area contributed by atoms with Gasteiger partial charge in [0.2, 0.25) is 0 Å². The van der Waals surface area contributed by atoms with Gasteiger partial charge in [-0.1, -0.05) is 20.8 Å². The van der Waals surface area contributed by atoms with Crippen LogP contribution < -0.4 is 0 Å². The number of Topliss-reactive ketones (excluding diaryl/α,β-unsaturated/α-hetero) is 1. The van der Waals surface area contributed by atoms with E-state index in [2.05, 4.69) is 5.10 Å². The molecular formula is C9H14N2O. The molecule has 0 N–H and O–H groups in total. The molecule has 0 aliphatic carbocycles. The van der Waals surface area contributed by atoms with E-state index in [1.807, 2.05) is 20.8 Å². The van der Waals surface area contributed by atoms with Crippen LogP contribution in [0.3, 0.4) is 0 Å². The highest BCUT2D eigenvalue weighted by Crippen LogP contribution is 2.18. The molecule has 0 atom stereocenters. The molecule has 0 aromatic carbocycles. The third-order valence-electron chi connectivity index (χ3n) is 1.63. The van der Waals surface area contributed by atoms with Gasteiger partial charge in [-0.25, -0.2) is 0 Å². The highest BCUT2D eigenvalue weighted by Gasteiger charge is 2.24. The van der Waals surface area contributed by atoms with E-state index in [-0.39, 0.29) is 11.2 Å². The average molecular weight is 166 g/mol. The average Bonchev–Trinajstić information content (AvgIpc) is 2.32. The SMILES string of the molecule is Cn1ccc(C(=O)C(C)(C)C)n1. The van der Waals surface area contributed by atoms with Gasteiger partial charge >= 0.3 is 0 Å². The molecule has 0 bridgehead atoms. The second-order valence-corrected chi connectivity index (χ2v) is 3.95. The highest BCUT2D eigenvalue weighted by molar-refractivity contribution is 5.97. The summed E-state index contributed by atoms with van der Waals surface area (Å²) in [5.41, 5.74) is 0.207. The summed E-state index contributed by atoms with van der Waals surface area (Å²) in [6, 6.07) is 1.74. The predicted octanol–water partition coefficient (Wildman–Crippen LogP) is 1.65. The van der Waals surface area contributed by atoms with Crippen LogP contribution in [0, 0.1) is 5.41 Å². The fraction of sp³-hybridized carbons (Fsp3) is 0.556. The number of hydrogen-bond acceptors (Lipinski definition) is 2. The van der Waals surface area contributed by atoms with Crippen molar-refractivity contribution >= 4 is 5.78 Å². The second kappa shape index (κ2) is 2.73. The summed E-state index contributed by atoms with van der Waals surface area (Å²) < 4.78 is 1.64. The Labute approximate surface area is 72.4 Å². The largest absolute Gasteiger partial charge is 0.292 e. The van der Waals surface area contributed by atoms with E-state index in [4.69, 9.17) is 0 Å². The molecule has 1 aromatic heterocycles. The number of hydrogen-bond donors (Lipinski definition) is 0. The Balaban J connectivity index is 2.93. The van der Waals surface area contributed by atoms with E-state index in [9.17, 15) is 4.79 Å². The van der Waals surface area contributed by atoms with E-state index < -0.39 is 0 Å². The monoisotopic (exact) mass is 166 g/mol. The molecule has 3 nitrogen and oxygen atoms in total. The van der Waals surface area contributed by atoms with Gasteiger partial charge < -0.3 is 0 Å².